The highest BCUT2D eigenvalue weighted by Gasteiger charge is 2.19. The standard InChI is InChI=1S/C13H14INO/c14-11-5-7-12(8-6-11)15-9-10-3-1-2-4-13(10)16/h5-10H,1-4H2. The van der Waals surface area contributed by atoms with Crippen molar-refractivity contribution in [1.82, 2.24) is 0 Å². The van der Waals surface area contributed by atoms with Gasteiger partial charge < -0.3 is 0 Å². The molecule has 1 fully saturated rings. The van der Waals surface area contributed by atoms with Gasteiger partial charge in [-0.25, -0.2) is 0 Å². The van der Waals surface area contributed by atoms with E-state index in [9.17, 15) is 4.79 Å². The fraction of sp³-hybridized carbons (Fsp3) is 0.385. The molecule has 0 spiro atoms. The molecule has 0 radical (unpaired) electrons. The highest BCUT2D eigenvalue weighted by atomic mass is 127. The van der Waals surface area contributed by atoms with Gasteiger partial charge >= 0.3 is 0 Å². The maximum Gasteiger partial charge on any atom is 0.141 e. The molecule has 2 nitrogen and oxygen atoms in total. The first-order valence-corrected chi connectivity index (χ1v) is 6.66. The number of Topliss-reactive ketones (excluding diaryl/α,β-unsaturated/α-hetero) is 1. The smallest absolute Gasteiger partial charge is 0.141 e. The highest BCUT2D eigenvalue weighted by molar-refractivity contribution is 14.1. The molecule has 16 heavy (non-hydrogen) atoms. The minimum absolute atomic E-state index is 0.0491. The third-order valence-electron chi connectivity index (χ3n) is 2.83. The van der Waals surface area contributed by atoms with Gasteiger partial charge in [0.2, 0.25) is 0 Å². The number of carbonyl (C=O) groups is 1. The highest BCUT2D eigenvalue weighted by Crippen LogP contribution is 2.20. The second-order valence-corrected chi connectivity index (χ2v) is 5.32. The Morgan fingerprint density at radius 2 is 2.00 bits per heavy atom. The average molecular weight is 327 g/mol. The van der Waals surface area contributed by atoms with E-state index in [0.29, 0.717) is 5.78 Å². The van der Waals surface area contributed by atoms with Crippen LogP contribution in [0.15, 0.2) is 29.3 Å². The summed E-state index contributed by atoms with van der Waals surface area (Å²) in [6, 6.07) is 8.00. The SMILES string of the molecule is O=C1CCCCC1C=Nc1ccc(I)cc1. The third-order valence-corrected chi connectivity index (χ3v) is 3.55. The number of halogens is 1. The van der Waals surface area contributed by atoms with Crippen molar-refractivity contribution in [3.8, 4) is 0 Å². The maximum atomic E-state index is 11.6. The minimum atomic E-state index is 0.0491. The molecule has 1 unspecified atom stereocenters. The predicted molar refractivity (Wildman–Crippen MR) is 74.3 cm³/mol. The number of aliphatic imine (C=N–C) groups is 1. The van der Waals surface area contributed by atoms with Crippen molar-refractivity contribution < 1.29 is 4.79 Å². The minimum Gasteiger partial charge on any atom is -0.299 e. The number of nitrogens with zero attached hydrogens (tertiary/aromatic N) is 1. The molecule has 0 N–H and O–H groups in total. The molecule has 0 saturated heterocycles. The second kappa shape index (κ2) is 5.57. The van der Waals surface area contributed by atoms with Crippen LogP contribution in [0, 0.1) is 9.49 Å². The van der Waals surface area contributed by atoms with Crippen molar-refractivity contribution in [3.05, 3.63) is 27.8 Å². The van der Waals surface area contributed by atoms with Gasteiger partial charge in [-0.1, -0.05) is 6.42 Å². The molecule has 1 aromatic carbocycles. The fourth-order valence-corrected chi connectivity index (χ4v) is 2.23. The molecule has 1 aliphatic rings. The Balaban J connectivity index is 2.02. The summed E-state index contributed by atoms with van der Waals surface area (Å²) in [5.41, 5.74) is 0.929. The Morgan fingerprint density at radius 1 is 1.25 bits per heavy atom. The van der Waals surface area contributed by atoms with Crippen LogP contribution >= 0.6 is 22.6 Å². The number of carbonyl (C=O) groups excluding carboxylic acids is 1. The van der Waals surface area contributed by atoms with Gasteiger partial charge in [0.25, 0.3) is 0 Å². The zero-order valence-electron chi connectivity index (χ0n) is 9.03. The third kappa shape index (κ3) is 3.14. The Bertz CT molecular complexity index is 397. The number of benzene rings is 1. The topological polar surface area (TPSA) is 29.4 Å². The first-order chi connectivity index (χ1) is 7.75. The van der Waals surface area contributed by atoms with Crippen molar-refractivity contribution in [3.63, 3.8) is 0 Å². The van der Waals surface area contributed by atoms with E-state index < -0.39 is 0 Å². The molecular weight excluding hydrogens is 313 g/mol. The van der Waals surface area contributed by atoms with E-state index in [2.05, 4.69) is 27.6 Å². The molecule has 2 rings (SSSR count). The van der Waals surface area contributed by atoms with E-state index in [1.807, 2.05) is 30.5 Å². The number of ketones is 1. The van der Waals surface area contributed by atoms with Gasteiger partial charge in [0.05, 0.1) is 11.6 Å². The van der Waals surface area contributed by atoms with Crippen LogP contribution in [0.5, 0.6) is 0 Å². The van der Waals surface area contributed by atoms with Crippen molar-refractivity contribution in [2.75, 3.05) is 0 Å². The van der Waals surface area contributed by atoms with E-state index in [1.54, 1.807) is 0 Å². The van der Waals surface area contributed by atoms with E-state index in [4.69, 9.17) is 0 Å². The lowest BCUT2D eigenvalue weighted by molar-refractivity contribution is -0.122. The number of hydrogen-bond acceptors (Lipinski definition) is 2. The summed E-state index contributed by atoms with van der Waals surface area (Å²) in [5, 5.41) is 0. The van der Waals surface area contributed by atoms with Gasteiger partial charge in [0, 0.05) is 16.2 Å². The molecule has 1 atom stereocenters. The lowest BCUT2D eigenvalue weighted by atomic mass is 9.89. The molecule has 1 aliphatic carbocycles. The summed E-state index contributed by atoms with van der Waals surface area (Å²) < 4.78 is 1.20. The number of rotatable bonds is 2. The predicted octanol–water partition coefficient (Wildman–Crippen LogP) is 3.75. The van der Waals surface area contributed by atoms with Crippen molar-refractivity contribution >= 4 is 40.3 Å². The van der Waals surface area contributed by atoms with Gasteiger partial charge in [-0.15, -0.1) is 0 Å². The summed E-state index contributed by atoms with van der Waals surface area (Å²) in [6.45, 7) is 0. The van der Waals surface area contributed by atoms with Crippen LogP contribution in [0.25, 0.3) is 0 Å². The largest absolute Gasteiger partial charge is 0.299 e. The molecule has 0 aliphatic heterocycles. The lowest BCUT2D eigenvalue weighted by Gasteiger charge is -2.15. The summed E-state index contributed by atoms with van der Waals surface area (Å²) in [7, 11) is 0. The molecule has 84 valence electrons. The van der Waals surface area contributed by atoms with E-state index in [-0.39, 0.29) is 5.92 Å². The molecule has 0 aromatic heterocycles. The molecular formula is C13H14INO. The summed E-state index contributed by atoms with van der Waals surface area (Å²) in [4.78, 5) is 15.9. The monoisotopic (exact) mass is 327 g/mol. The Labute approximate surface area is 109 Å². The summed E-state index contributed by atoms with van der Waals surface area (Å²) >= 11 is 2.27. The van der Waals surface area contributed by atoms with Crippen molar-refractivity contribution in [2.45, 2.75) is 25.7 Å². The molecule has 1 saturated carbocycles. The molecule has 3 heteroatoms. The van der Waals surface area contributed by atoms with Gasteiger partial charge in [0.15, 0.2) is 0 Å². The molecule has 0 amide bonds. The lowest BCUT2D eigenvalue weighted by Crippen LogP contribution is -2.19. The molecule has 1 aromatic rings. The first kappa shape index (κ1) is 11.8. The van der Waals surface area contributed by atoms with Gasteiger partial charge in [-0.3, -0.25) is 9.79 Å². The van der Waals surface area contributed by atoms with Crippen LogP contribution in [0.1, 0.15) is 25.7 Å². The zero-order valence-corrected chi connectivity index (χ0v) is 11.2. The molecule has 0 heterocycles. The van der Waals surface area contributed by atoms with E-state index in [0.717, 1.165) is 31.4 Å². The average Bonchev–Trinajstić information content (AvgIpc) is 2.30. The molecule has 0 bridgehead atoms. The van der Waals surface area contributed by atoms with Crippen LogP contribution in [0.4, 0.5) is 5.69 Å². The van der Waals surface area contributed by atoms with Crippen LogP contribution in [0.2, 0.25) is 0 Å². The van der Waals surface area contributed by atoms with Crippen LogP contribution in [-0.2, 0) is 4.79 Å². The van der Waals surface area contributed by atoms with Crippen LogP contribution in [0.3, 0.4) is 0 Å². The quantitative estimate of drug-likeness (QED) is 0.601. The van der Waals surface area contributed by atoms with E-state index >= 15 is 0 Å². The normalized spacial score (nSPS) is 21.6. The Morgan fingerprint density at radius 3 is 2.69 bits per heavy atom. The van der Waals surface area contributed by atoms with Crippen molar-refractivity contribution in [2.24, 2.45) is 10.9 Å². The Hall–Kier alpha value is -0.710. The summed E-state index contributed by atoms with van der Waals surface area (Å²) in [5.74, 6) is 0.397. The zero-order chi connectivity index (χ0) is 11.4. The number of hydrogen-bond donors (Lipinski definition) is 0. The first-order valence-electron chi connectivity index (χ1n) is 5.58. The fourth-order valence-electron chi connectivity index (χ4n) is 1.87. The van der Waals surface area contributed by atoms with Gasteiger partial charge in [-0.05, 0) is 59.7 Å². The van der Waals surface area contributed by atoms with Crippen molar-refractivity contribution in [1.29, 1.82) is 0 Å². The van der Waals surface area contributed by atoms with Gasteiger partial charge in [-0.2, -0.15) is 0 Å². The Kier molecular flexibility index (Phi) is 4.09. The van der Waals surface area contributed by atoms with Crippen LogP contribution in [-0.4, -0.2) is 12.0 Å². The second-order valence-electron chi connectivity index (χ2n) is 4.07. The van der Waals surface area contributed by atoms with Crippen LogP contribution < -0.4 is 0 Å². The summed E-state index contributed by atoms with van der Waals surface area (Å²) in [6.07, 6.45) is 5.71. The maximum absolute atomic E-state index is 11.6. The van der Waals surface area contributed by atoms with E-state index in [1.165, 1.54) is 3.57 Å². The van der Waals surface area contributed by atoms with Gasteiger partial charge in [0.1, 0.15) is 5.78 Å².